The quantitative estimate of drug-likeness (QED) is 0.625. The van der Waals surface area contributed by atoms with Gasteiger partial charge in [-0.25, -0.2) is 9.97 Å². The van der Waals surface area contributed by atoms with Crippen molar-refractivity contribution in [2.45, 2.75) is 6.42 Å². The maximum Gasteiger partial charge on any atom is 0.145 e. The molecule has 0 aliphatic rings. The maximum absolute atomic E-state index is 8.97. The van der Waals surface area contributed by atoms with Crippen LogP contribution in [0.1, 0.15) is 17.0 Å². The second-order valence-electron chi connectivity index (χ2n) is 5.60. The molecule has 0 aliphatic carbocycles. The molecule has 0 amide bonds. The number of hydrogen-bond acceptors (Lipinski definition) is 5. The number of nitrogen functional groups attached to an aromatic ring is 1. The highest BCUT2D eigenvalue weighted by atomic mass is 15.0. The minimum Gasteiger partial charge on any atom is -0.382 e. The molecular formula is C19H14N6. The van der Waals surface area contributed by atoms with E-state index in [1.165, 1.54) is 6.20 Å². The number of nitrogens with two attached hydrogens (primary N) is 1. The summed E-state index contributed by atoms with van der Waals surface area (Å²) in [5, 5.41) is 8.97. The maximum atomic E-state index is 8.97. The van der Waals surface area contributed by atoms with E-state index in [1.807, 2.05) is 48.7 Å². The van der Waals surface area contributed by atoms with Crippen LogP contribution in [0.3, 0.4) is 0 Å². The van der Waals surface area contributed by atoms with Crippen molar-refractivity contribution in [2.75, 3.05) is 5.73 Å². The first-order valence-electron chi connectivity index (χ1n) is 7.78. The van der Waals surface area contributed by atoms with Crippen LogP contribution in [-0.4, -0.2) is 19.4 Å². The van der Waals surface area contributed by atoms with Gasteiger partial charge in [0.05, 0.1) is 17.6 Å². The highest BCUT2D eigenvalue weighted by Gasteiger charge is 2.15. The number of rotatable bonds is 3. The second-order valence-corrected chi connectivity index (χ2v) is 5.60. The number of nitriles is 1. The van der Waals surface area contributed by atoms with Gasteiger partial charge in [-0.15, -0.1) is 0 Å². The largest absolute Gasteiger partial charge is 0.382 e. The van der Waals surface area contributed by atoms with E-state index >= 15 is 0 Å². The normalized spacial score (nSPS) is 10.7. The molecule has 0 aromatic carbocycles. The predicted molar refractivity (Wildman–Crippen MR) is 94.6 cm³/mol. The topological polar surface area (TPSA) is 92.9 Å². The molecule has 4 rings (SSSR count). The van der Waals surface area contributed by atoms with Crippen LogP contribution in [0.2, 0.25) is 0 Å². The van der Waals surface area contributed by atoms with Crippen LogP contribution in [0.5, 0.6) is 0 Å². The van der Waals surface area contributed by atoms with E-state index in [0.29, 0.717) is 12.2 Å². The Morgan fingerprint density at radius 2 is 2.00 bits per heavy atom. The lowest BCUT2D eigenvalue weighted by molar-refractivity contribution is 0.968. The average molecular weight is 326 g/mol. The molecule has 0 atom stereocenters. The Balaban J connectivity index is 1.85. The van der Waals surface area contributed by atoms with E-state index in [0.717, 1.165) is 22.5 Å². The highest BCUT2D eigenvalue weighted by Crippen LogP contribution is 2.27. The van der Waals surface area contributed by atoms with Crippen LogP contribution in [0, 0.1) is 11.3 Å². The monoisotopic (exact) mass is 326 g/mol. The molecule has 0 unspecified atom stereocenters. The van der Waals surface area contributed by atoms with Gasteiger partial charge in [-0.05, 0) is 35.9 Å². The number of aromatic nitrogens is 4. The lowest BCUT2D eigenvalue weighted by atomic mass is 10.1. The van der Waals surface area contributed by atoms with E-state index in [-0.39, 0.29) is 11.4 Å². The van der Waals surface area contributed by atoms with Crippen molar-refractivity contribution in [3.63, 3.8) is 0 Å². The Morgan fingerprint density at radius 3 is 2.76 bits per heavy atom. The van der Waals surface area contributed by atoms with Gasteiger partial charge < -0.3 is 10.1 Å². The lowest BCUT2D eigenvalue weighted by Crippen LogP contribution is -2.03. The highest BCUT2D eigenvalue weighted by molar-refractivity contribution is 5.69. The van der Waals surface area contributed by atoms with E-state index < -0.39 is 0 Å². The Bertz CT molecular complexity index is 1090. The molecule has 4 aromatic heterocycles. The van der Waals surface area contributed by atoms with Gasteiger partial charge in [-0.3, -0.25) is 4.98 Å². The Labute approximate surface area is 144 Å². The zero-order valence-corrected chi connectivity index (χ0v) is 13.3. The Morgan fingerprint density at radius 1 is 1.12 bits per heavy atom. The molecule has 6 heteroatoms. The number of anilines is 1. The summed E-state index contributed by atoms with van der Waals surface area (Å²) in [4.78, 5) is 13.0. The molecule has 0 bridgehead atoms. The summed E-state index contributed by atoms with van der Waals surface area (Å²) in [6, 6.07) is 15.9. The molecule has 0 saturated heterocycles. The summed E-state index contributed by atoms with van der Waals surface area (Å²) in [5.74, 6) is 0.778. The van der Waals surface area contributed by atoms with E-state index in [4.69, 9.17) is 11.0 Å². The predicted octanol–water partition coefficient (Wildman–Crippen LogP) is 2.84. The SMILES string of the molecule is N#Cc1cnc(Cc2cc3ccccn3c2-c2ccccn2)nc1N. The molecule has 120 valence electrons. The van der Waals surface area contributed by atoms with Crippen molar-refractivity contribution in [1.29, 1.82) is 5.26 Å². The van der Waals surface area contributed by atoms with E-state index in [9.17, 15) is 0 Å². The average Bonchev–Trinajstić information content (AvgIpc) is 3.00. The molecule has 0 fully saturated rings. The number of fused-ring (bicyclic) bond motifs is 1. The van der Waals surface area contributed by atoms with Crippen LogP contribution in [0.15, 0.2) is 61.1 Å². The van der Waals surface area contributed by atoms with E-state index in [2.05, 4.69) is 25.4 Å². The summed E-state index contributed by atoms with van der Waals surface area (Å²) < 4.78 is 2.10. The standard InChI is InChI=1S/C19H14N6/c20-11-14-12-23-17(24-19(14)21)10-13-9-15-5-2-4-8-25(15)18(13)16-6-1-3-7-22-16/h1-9,12H,10H2,(H2,21,23,24). The van der Waals surface area contributed by atoms with Gasteiger partial charge in [0.15, 0.2) is 0 Å². The molecule has 2 N–H and O–H groups in total. The molecule has 0 spiro atoms. The summed E-state index contributed by atoms with van der Waals surface area (Å²) in [6.07, 6.45) is 5.76. The Kier molecular flexibility index (Phi) is 3.60. The zero-order valence-electron chi connectivity index (χ0n) is 13.3. The van der Waals surface area contributed by atoms with Crippen molar-refractivity contribution in [3.05, 3.63) is 78.0 Å². The summed E-state index contributed by atoms with van der Waals surface area (Å²) in [5.41, 5.74) is 10.1. The van der Waals surface area contributed by atoms with Crippen LogP contribution < -0.4 is 5.73 Å². The minimum atomic E-state index is 0.204. The number of pyridine rings is 2. The fraction of sp³-hybridized carbons (Fsp3) is 0.0526. The first-order valence-corrected chi connectivity index (χ1v) is 7.78. The zero-order chi connectivity index (χ0) is 17.2. The smallest absolute Gasteiger partial charge is 0.145 e. The van der Waals surface area contributed by atoms with Crippen molar-refractivity contribution >= 4 is 11.3 Å². The van der Waals surface area contributed by atoms with Crippen LogP contribution in [-0.2, 0) is 6.42 Å². The van der Waals surface area contributed by atoms with Gasteiger partial charge in [0.25, 0.3) is 0 Å². The third kappa shape index (κ3) is 2.68. The molecule has 6 nitrogen and oxygen atoms in total. The first-order chi connectivity index (χ1) is 12.3. The van der Waals surface area contributed by atoms with Gasteiger partial charge in [-0.2, -0.15) is 5.26 Å². The second kappa shape index (κ2) is 6.06. The summed E-state index contributed by atoms with van der Waals surface area (Å²) in [6.45, 7) is 0. The number of nitrogens with zero attached hydrogens (tertiary/aromatic N) is 5. The Hall–Kier alpha value is -3.72. The van der Waals surface area contributed by atoms with Crippen molar-refractivity contribution in [1.82, 2.24) is 19.4 Å². The fourth-order valence-electron chi connectivity index (χ4n) is 2.88. The summed E-state index contributed by atoms with van der Waals surface area (Å²) >= 11 is 0. The van der Waals surface area contributed by atoms with Gasteiger partial charge in [0.2, 0.25) is 0 Å². The summed E-state index contributed by atoms with van der Waals surface area (Å²) in [7, 11) is 0. The van der Waals surface area contributed by atoms with Gasteiger partial charge in [-0.1, -0.05) is 12.1 Å². The van der Waals surface area contributed by atoms with Gasteiger partial charge >= 0.3 is 0 Å². The van der Waals surface area contributed by atoms with E-state index in [1.54, 1.807) is 6.20 Å². The third-order valence-electron chi connectivity index (χ3n) is 4.00. The third-order valence-corrected chi connectivity index (χ3v) is 4.00. The fourth-order valence-corrected chi connectivity index (χ4v) is 2.88. The van der Waals surface area contributed by atoms with Crippen molar-refractivity contribution in [2.24, 2.45) is 0 Å². The van der Waals surface area contributed by atoms with Crippen LogP contribution in [0.25, 0.3) is 16.9 Å². The molecule has 0 radical (unpaired) electrons. The van der Waals surface area contributed by atoms with Crippen molar-refractivity contribution < 1.29 is 0 Å². The molecule has 4 heterocycles. The van der Waals surface area contributed by atoms with Crippen molar-refractivity contribution in [3.8, 4) is 17.5 Å². The molecular weight excluding hydrogens is 312 g/mol. The number of hydrogen-bond donors (Lipinski definition) is 1. The first kappa shape index (κ1) is 14.8. The molecule has 0 saturated carbocycles. The lowest BCUT2D eigenvalue weighted by Gasteiger charge is -2.06. The molecule has 4 aromatic rings. The van der Waals surface area contributed by atoms with Crippen LogP contribution in [0.4, 0.5) is 5.82 Å². The molecule has 25 heavy (non-hydrogen) atoms. The van der Waals surface area contributed by atoms with Gasteiger partial charge in [0.1, 0.15) is 23.3 Å². The molecule has 0 aliphatic heterocycles. The minimum absolute atomic E-state index is 0.204. The van der Waals surface area contributed by atoms with Crippen LogP contribution >= 0.6 is 0 Å². The van der Waals surface area contributed by atoms with Gasteiger partial charge in [0, 0.05) is 24.3 Å².